The molecule has 0 aromatic carbocycles. The third-order valence-electron chi connectivity index (χ3n) is 2.68. The van der Waals surface area contributed by atoms with Gasteiger partial charge in [-0.3, -0.25) is 0 Å². The van der Waals surface area contributed by atoms with Crippen molar-refractivity contribution in [3.05, 3.63) is 17.5 Å². The van der Waals surface area contributed by atoms with Crippen molar-refractivity contribution in [2.24, 2.45) is 5.73 Å². The summed E-state index contributed by atoms with van der Waals surface area (Å²) < 4.78 is 0. The molecular weight excluding hydrogens is 212 g/mol. The first-order valence-electron chi connectivity index (χ1n) is 5.09. The Morgan fingerprint density at radius 3 is 2.67 bits per heavy atom. The number of nitrogens with two attached hydrogens (primary N) is 1. The van der Waals surface area contributed by atoms with Crippen molar-refractivity contribution >= 4 is 17.4 Å². The van der Waals surface area contributed by atoms with E-state index in [2.05, 4.69) is 29.1 Å². The van der Waals surface area contributed by atoms with Crippen molar-refractivity contribution in [2.75, 3.05) is 11.9 Å². The molecule has 0 aliphatic rings. The predicted molar refractivity (Wildman–Crippen MR) is 63.0 cm³/mol. The highest BCUT2D eigenvalue weighted by Gasteiger charge is 2.20. The molecule has 0 aliphatic carbocycles. The van der Waals surface area contributed by atoms with Crippen LogP contribution in [0.3, 0.4) is 0 Å². The topological polar surface area (TPSA) is 63.8 Å². The normalized spacial score (nSPS) is 11.5. The zero-order valence-electron chi connectivity index (χ0n) is 9.13. The molecule has 1 aromatic rings. The first-order valence-corrected chi connectivity index (χ1v) is 5.47. The van der Waals surface area contributed by atoms with Crippen molar-refractivity contribution in [1.29, 1.82) is 0 Å². The van der Waals surface area contributed by atoms with E-state index in [-0.39, 0.29) is 5.54 Å². The highest BCUT2D eigenvalue weighted by atomic mass is 35.5. The maximum absolute atomic E-state index is 6.15. The summed E-state index contributed by atoms with van der Waals surface area (Å²) in [6.45, 7) is 4.82. The van der Waals surface area contributed by atoms with E-state index in [1.165, 1.54) is 6.33 Å². The molecule has 0 unspecified atom stereocenters. The fourth-order valence-electron chi connectivity index (χ4n) is 1.20. The van der Waals surface area contributed by atoms with Gasteiger partial charge in [-0.25, -0.2) is 9.97 Å². The van der Waals surface area contributed by atoms with E-state index >= 15 is 0 Å². The summed E-state index contributed by atoms with van der Waals surface area (Å²) in [5, 5.41) is 3.67. The second-order valence-electron chi connectivity index (χ2n) is 3.64. The molecular formula is C10H17ClN4. The van der Waals surface area contributed by atoms with E-state index < -0.39 is 0 Å². The SMILES string of the molecule is CCC(N)(CC)CNc1ncncc1Cl. The Labute approximate surface area is 95.3 Å². The molecule has 1 rings (SSSR count). The molecule has 1 heterocycles. The Hall–Kier alpha value is -0.870. The van der Waals surface area contributed by atoms with E-state index in [4.69, 9.17) is 17.3 Å². The molecule has 0 aliphatic heterocycles. The van der Waals surface area contributed by atoms with Gasteiger partial charge < -0.3 is 11.1 Å². The highest BCUT2D eigenvalue weighted by molar-refractivity contribution is 6.32. The lowest BCUT2D eigenvalue weighted by Gasteiger charge is -2.27. The molecule has 0 saturated heterocycles. The van der Waals surface area contributed by atoms with Crippen molar-refractivity contribution in [3.8, 4) is 0 Å². The first kappa shape index (κ1) is 12.2. The van der Waals surface area contributed by atoms with Gasteiger partial charge in [-0.05, 0) is 12.8 Å². The van der Waals surface area contributed by atoms with Crippen LogP contribution in [0.5, 0.6) is 0 Å². The second-order valence-corrected chi connectivity index (χ2v) is 4.05. The van der Waals surface area contributed by atoms with Crippen molar-refractivity contribution < 1.29 is 0 Å². The van der Waals surface area contributed by atoms with Crippen LogP contribution in [-0.4, -0.2) is 22.1 Å². The maximum Gasteiger partial charge on any atom is 0.148 e. The number of hydrogen-bond acceptors (Lipinski definition) is 4. The lowest BCUT2D eigenvalue weighted by Crippen LogP contribution is -2.45. The van der Waals surface area contributed by atoms with Gasteiger partial charge in [0.05, 0.1) is 6.20 Å². The van der Waals surface area contributed by atoms with Gasteiger partial charge in [0.1, 0.15) is 17.2 Å². The third kappa shape index (κ3) is 3.32. The monoisotopic (exact) mass is 228 g/mol. The maximum atomic E-state index is 6.15. The van der Waals surface area contributed by atoms with E-state index in [1.807, 2.05) is 0 Å². The molecule has 0 radical (unpaired) electrons. The van der Waals surface area contributed by atoms with Gasteiger partial charge in [-0.15, -0.1) is 0 Å². The van der Waals surface area contributed by atoms with E-state index in [0.717, 1.165) is 12.8 Å². The van der Waals surface area contributed by atoms with Crippen LogP contribution in [-0.2, 0) is 0 Å². The molecule has 0 fully saturated rings. The van der Waals surface area contributed by atoms with Gasteiger partial charge >= 0.3 is 0 Å². The molecule has 1 aromatic heterocycles. The smallest absolute Gasteiger partial charge is 0.148 e. The van der Waals surface area contributed by atoms with Gasteiger partial charge in [0, 0.05) is 12.1 Å². The number of halogens is 1. The Morgan fingerprint density at radius 2 is 2.13 bits per heavy atom. The van der Waals surface area contributed by atoms with Crippen LogP contribution in [0, 0.1) is 0 Å². The number of nitrogens with zero attached hydrogens (tertiary/aromatic N) is 2. The van der Waals surface area contributed by atoms with Crippen LogP contribution in [0.4, 0.5) is 5.82 Å². The zero-order valence-corrected chi connectivity index (χ0v) is 9.88. The first-order chi connectivity index (χ1) is 7.11. The summed E-state index contributed by atoms with van der Waals surface area (Å²) >= 11 is 5.91. The highest BCUT2D eigenvalue weighted by Crippen LogP contribution is 2.18. The summed E-state index contributed by atoms with van der Waals surface area (Å²) in [5.74, 6) is 0.642. The molecule has 3 N–H and O–H groups in total. The molecule has 0 saturated carbocycles. The Bertz CT molecular complexity index is 312. The third-order valence-corrected chi connectivity index (χ3v) is 2.96. The van der Waals surface area contributed by atoms with Crippen molar-refractivity contribution in [1.82, 2.24) is 9.97 Å². The van der Waals surface area contributed by atoms with E-state index in [9.17, 15) is 0 Å². The molecule has 0 atom stereocenters. The van der Waals surface area contributed by atoms with Crippen LogP contribution in [0.15, 0.2) is 12.5 Å². The molecule has 0 bridgehead atoms. The minimum Gasteiger partial charge on any atom is -0.367 e. The second kappa shape index (κ2) is 5.28. The minimum absolute atomic E-state index is 0.200. The van der Waals surface area contributed by atoms with E-state index in [1.54, 1.807) is 6.20 Å². The van der Waals surface area contributed by atoms with Crippen LogP contribution in [0.2, 0.25) is 5.02 Å². The van der Waals surface area contributed by atoms with Crippen LogP contribution < -0.4 is 11.1 Å². The Kier molecular flexibility index (Phi) is 4.29. The molecule has 84 valence electrons. The fraction of sp³-hybridized carbons (Fsp3) is 0.600. The lowest BCUT2D eigenvalue weighted by atomic mass is 9.94. The number of nitrogens with one attached hydrogen (secondary N) is 1. The van der Waals surface area contributed by atoms with Crippen LogP contribution in [0.25, 0.3) is 0 Å². The van der Waals surface area contributed by atoms with Crippen LogP contribution in [0.1, 0.15) is 26.7 Å². The van der Waals surface area contributed by atoms with Gasteiger partial charge in [0.15, 0.2) is 0 Å². The molecule has 5 heteroatoms. The summed E-state index contributed by atoms with van der Waals surface area (Å²) in [6, 6.07) is 0. The average molecular weight is 229 g/mol. The fourth-order valence-corrected chi connectivity index (χ4v) is 1.37. The largest absolute Gasteiger partial charge is 0.367 e. The number of rotatable bonds is 5. The Balaban J connectivity index is 2.61. The van der Waals surface area contributed by atoms with Crippen molar-refractivity contribution in [2.45, 2.75) is 32.2 Å². The Morgan fingerprint density at radius 1 is 1.47 bits per heavy atom. The van der Waals surface area contributed by atoms with Gasteiger partial charge in [0.2, 0.25) is 0 Å². The summed E-state index contributed by atoms with van der Waals surface area (Å²) in [6.07, 6.45) is 4.86. The summed E-state index contributed by atoms with van der Waals surface area (Å²) in [4.78, 5) is 7.86. The standard InChI is InChI=1S/C10H17ClN4/c1-3-10(12,4-2)6-14-9-8(11)5-13-7-15-9/h5,7H,3-4,6,12H2,1-2H3,(H,13,14,15). The summed E-state index contributed by atoms with van der Waals surface area (Å²) in [7, 11) is 0. The summed E-state index contributed by atoms with van der Waals surface area (Å²) in [5.41, 5.74) is 5.95. The lowest BCUT2D eigenvalue weighted by molar-refractivity contribution is 0.418. The van der Waals surface area contributed by atoms with Crippen LogP contribution >= 0.6 is 11.6 Å². The number of aromatic nitrogens is 2. The van der Waals surface area contributed by atoms with Gasteiger partial charge in [-0.1, -0.05) is 25.4 Å². The quantitative estimate of drug-likeness (QED) is 0.810. The molecule has 15 heavy (non-hydrogen) atoms. The molecule has 4 nitrogen and oxygen atoms in total. The average Bonchev–Trinajstić information content (AvgIpc) is 2.28. The number of hydrogen-bond donors (Lipinski definition) is 2. The number of anilines is 1. The predicted octanol–water partition coefficient (Wildman–Crippen LogP) is 2.06. The van der Waals surface area contributed by atoms with Crippen molar-refractivity contribution in [3.63, 3.8) is 0 Å². The molecule has 0 spiro atoms. The molecule has 0 amide bonds. The van der Waals surface area contributed by atoms with E-state index in [0.29, 0.717) is 17.4 Å². The van der Waals surface area contributed by atoms with Gasteiger partial charge in [-0.2, -0.15) is 0 Å². The zero-order chi connectivity index (χ0) is 11.3. The van der Waals surface area contributed by atoms with Gasteiger partial charge in [0.25, 0.3) is 0 Å². The minimum atomic E-state index is -0.200.